The average Bonchev–Trinajstić information content (AvgIpc) is 2.67. The summed E-state index contributed by atoms with van der Waals surface area (Å²) in [5.41, 5.74) is 5.74. The molecule has 148 valence electrons. The van der Waals surface area contributed by atoms with Crippen LogP contribution in [0.2, 0.25) is 0 Å². The van der Waals surface area contributed by atoms with Crippen molar-refractivity contribution < 1.29 is 4.79 Å². The van der Waals surface area contributed by atoms with E-state index < -0.39 is 17.2 Å². The first kappa shape index (κ1) is 21.0. The highest BCUT2D eigenvalue weighted by atomic mass is 16.2. The number of hydrogen-bond donors (Lipinski definition) is 2. The van der Waals surface area contributed by atoms with Crippen LogP contribution < -0.4 is 21.9 Å². The third-order valence-corrected chi connectivity index (χ3v) is 4.21. The number of amides is 1. The van der Waals surface area contributed by atoms with Crippen LogP contribution in [0.3, 0.4) is 0 Å². The lowest BCUT2D eigenvalue weighted by Crippen LogP contribution is -2.40. The fraction of sp³-hybridized carbons (Fsp3) is 0.286. The Bertz CT molecular complexity index is 971. The maximum atomic E-state index is 12.8. The number of rotatable bonds is 8. The number of unbranched alkanes of at least 4 members (excludes halogenated alkanes) is 1. The molecule has 7 heteroatoms. The Morgan fingerprint density at radius 1 is 1.21 bits per heavy atom. The van der Waals surface area contributed by atoms with E-state index >= 15 is 0 Å². The van der Waals surface area contributed by atoms with Gasteiger partial charge in [-0.25, -0.2) is 4.79 Å². The van der Waals surface area contributed by atoms with Crippen LogP contribution in [0.4, 0.5) is 11.5 Å². The molecule has 7 nitrogen and oxygen atoms in total. The van der Waals surface area contributed by atoms with E-state index in [0.717, 1.165) is 18.4 Å². The zero-order chi connectivity index (χ0) is 20.5. The minimum absolute atomic E-state index is 0.00841. The highest BCUT2D eigenvalue weighted by Gasteiger charge is 2.23. The van der Waals surface area contributed by atoms with Crippen molar-refractivity contribution in [2.45, 2.75) is 39.8 Å². The van der Waals surface area contributed by atoms with Crippen LogP contribution in [0.5, 0.6) is 0 Å². The fourth-order valence-corrected chi connectivity index (χ4v) is 2.75. The van der Waals surface area contributed by atoms with Gasteiger partial charge in [0, 0.05) is 12.6 Å². The number of carbonyl (C=O) groups excluding carboxylic acids is 1. The SMILES string of the molecule is C/C=C/C=C/C(=O)N(Cc1ccccc1)c1c(N)n(CCCC)c(=O)[nH]c1=O. The number of aromatic amines is 1. The van der Waals surface area contributed by atoms with Crippen LogP contribution in [0.1, 0.15) is 32.3 Å². The van der Waals surface area contributed by atoms with Crippen molar-refractivity contribution in [1.82, 2.24) is 9.55 Å². The summed E-state index contributed by atoms with van der Waals surface area (Å²) in [6.07, 6.45) is 8.05. The van der Waals surface area contributed by atoms with Crippen LogP contribution in [0, 0.1) is 0 Å². The summed E-state index contributed by atoms with van der Waals surface area (Å²) in [4.78, 5) is 41.2. The number of hydrogen-bond acceptors (Lipinski definition) is 4. The number of carbonyl (C=O) groups is 1. The van der Waals surface area contributed by atoms with Crippen molar-refractivity contribution in [3.8, 4) is 0 Å². The molecule has 1 aromatic carbocycles. The van der Waals surface area contributed by atoms with Gasteiger partial charge in [-0.3, -0.25) is 24.0 Å². The molecular formula is C21H26N4O3. The Hall–Kier alpha value is -3.35. The van der Waals surface area contributed by atoms with Gasteiger partial charge in [-0.15, -0.1) is 0 Å². The molecule has 1 amide bonds. The van der Waals surface area contributed by atoms with Crippen molar-refractivity contribution in [1.29, 1.82) is 0 Å². The number of aromatic nitrogens is 2. The highest BCUT2D eigenvalue weighted by molar-refractivity contribution is 6.02. The number of allylic oxidation sites excluding steroid dienone is 3. The van der Waals surface area contributed by atoms with Crippen LogP contribution in [0.15, 0.2) is 64.2 Å². The number of nitrogen functional groups attached to an aromatic ring is 1. The second kappa shape index (κ2) is 10.1. The summed E-state index contributed by atoms with van der Waals surface area (Å²) >= 11 is 0. The van der Waals surface area contributed by atoms with Gasteiger partial charge in [0.25, 0.3) is 11.5 Å². The van der Waals surface area contributed by atoms with Crippen molar-refractivity contribution in [2.24, 2.45) is 0 Å². The van der Waals surface area contributed by atoms with Crippen LogP contribution in [0.25, 0.3) is 0 Å². The van der Waals surface area contributed by atoms with Crippen LogP contribution in [-0.4, -0.2) is 15.5 Å². The van der Waals surface area contributed by atoms with E-state index in [4.69, 9.17) is 5.73 Å². The first-order valence-electron chi connectivity index (χ1n) is 9.27. The number of nitrogens with two attached hydrogens (primary N) is 1. The lowest BCUT2D eigenvalue weighted by Gasteiger charge is -2.23. The van der Waals surface area contributed by atoms with Gasteiger partial charge in [0.2, 0.25) is 0 Å². The number of benzene rings is 1. The van der Waals surface area contributed by atoms with E-state index in [1.807, 2.05) is 44.2 Å². The fourth-order valence-electron chi connectivity index (χ4n) is 2.75. The molecular weight excluding hydrogens is 356 g/mol. The standard InChI is InChI=1S/C21H26N4O3/c1-3-5-8-13-17(26)25(15-16-11-9-7-10-12-16)18-19(22)24(14-6-4-2)21(28)23-20(18)27/h3,5,7-13H,4,6,14-15,22H2,1-2H3,(H,23,27,28)/b5-3+,13-8+. The molecule has 1 aromatic heterocycles. The zero-order valence-corrected chi connectivity index (χ0v) is 16.2. The largest absolute Gasteiger partial charge is 0.383 e. The Labute approximate surface area is 163 Å². The topological polar surface area (TPSA) is 101 Å². The molecule has 0 aliphatic rings. The number of nitrogens with one attached hydrogen (secondary N) is 1. The summed E-state index contributed by atoms with van der Waals surface area (Å²) in [5.74, 6) is -0.411. The van der Waals surface area contributed by atoms with Gasteiger partial charge in [-0.05, 0) is 18.9 Å². The molecule has 2 rings (SSSR count). The minimum Gasteiger partial charge on any atom is -0.383 e. The molecule has 0 unspecified atom stereocenters. The Kier molecular flexibility index (Phi) is 7.56. The maximum Gasteiger partial charge on any atom is 0.330 e. The van der Waals surface area contributed by atoms with Crippen molar-refractivity contribution in [3.05, 3.63) is 81.0 Å². The van der Waals surface area contributed by atoms with Crippen molar-refractivity contribution in [2.75, 3.05) is 10.6 Å². The summed E-state index contributed by atoms with van der Waals surface area (Å²) in [6.45, 7) is 4.35. The molecule has 0 fully saturated rings. The first-order chi connectivity index (χ1) is 13.5. The van der Waals surface area contributed by atoms with Gasteiger partial charge in [0.05, 0.1) is 6.54 Å². The van der Waals surface area contributed by atoms with Crippen LogP contribution >= 0.6 is 0 Å². The maximum absolute atomic E-state index is 12.8. The molecule has 28 heavy (non-hydrogen) atoms. The third-order valence-electron chi connectivity index (χ3n) is 4.21. The molecule has 0 aliphatic heterocycles. The average molecular weight is 382 g/mol. The number of H-pyrrole nitrogens is 1. The summed E-state index contributed by atoms with van der Waals surface area (Å²) in [5, 5.41) is 0. The normalized spacial score (nSPS) is 11.4. The molecule has 3 N–H and O–H groups in total. The Morgan fingerprint density at radius 3 is 2.57 bits per heavy atom. The number of nitrogens with zero attached hydrogens (tertiary/aromatic N) is 2. The summed E-state index contributed by atoms with van der Waals surface area (Å²) in [7, 11) is 0. The third kappa shape index (κ3) is 5.09. The zero-order valence-electron chi connectivity index (χ0n) is 16.2. The first-order valence-corrected chi connectivity index (χ1v) is 9.27. The van der Waals surface area contributed by atoms with Crippen molar-refractivity contribution in [3.63, 3.8) is 0 Å². The van der Waals surface area contributed by atoms with Crippen LogP contribution in [-0.2, 0) is 17.9 Å². The summed E-state index contributed by atoms with van der Waals surface area (Å²) in [6, 6.07) is 9.28. The lowest BCUT2D eigenvalue weighted by atomic mass is 10.2. The highest BCUT2D eigenvalue weighted by Crippen LogP contribution is 2.20. The second-order valence-corrected chi connectivity index (χ2v) is 6.29. The lowest BCUT2D eigenvalue weighted by molar-refractivity contribution is -0.114. The van der Waals surface area contributed by atoms with Gasteiger partial charge < -0.3 is 5.73 Å². The quantitative estimate of drug-likeness (QED) is 0.541. The van der Waals surface area contributed by atoms with E-state index in [-0.39, 0.29) is 18.1 Å². The van der Waals surface area contributed by atoms with E-state index in [1.54, 1.807) is 18.2 Å². The number of anilines is 2. The molecule has 0 saturated carbocycles. The Morgan fingerprint density at radius 2 is 1.93 bits per heavy atom. The van der Waals surface area contributed by atoms with E-state index in [2.05, 4.69) is 4.98 Å². The molecule has 0 saturated heterocycles. The molecule has 0 atom stereocenters. The van der Waals surface area contributed by atoms with Gasteiger partial charge >= 0.3 is 5.69 Å². The molecule has 0 radical (unpaired) electrons. The van der Waals surface area contributed by atoms with Gasteiger partial charge in [-0.2, -0.15) is 0 Å². The van der Waals surface area contributed by atoms with Gasteiger partial charge in [0.15, 0.2) is 5.69 Å². The molecule has 2 aromatic rings. The molecule has 0 bridgehead atoms. The Balaban J connectivity index is 2.57. The second-order valence-electron chi connectivity index (χ2n) is 6.29. The molecule has 0 aliphatic carbocycles. The molecule has 1 heterocycles. The van der Waals surface area contributed by atoms with Gasteiger partial charge in [0.1, 0.15) is 5.82 Å². The molecule has 0 spiro atoms. The monoisotopic (exact) mass is 382 g/mol. The summed E-state index contributed by atoms with van der Waals surface area (Å²) < 4.78 is 1.31. The minimum atomic E-state index is -0.682. The van der Waals surface area contributed by atoms with Gasteiger partial charge in [-0.1, -0.05) is 61.9 Å². The van der Waals surface area contributed by atoms with E-state index in [9.17, 15) is 14.4 Å². The smallest absolute Gasteiger partial charge is 0.330 e. The predicted molar refractivity (Wildman–Crippen MR) is 112 cm³/mol. The van der Waals surface area contributed by atoms with Crippen molar-refractivity contribution >= 4 is 17.4 Å². The predicted octanol–water partition coefficient (Wildman–Crippen LogP) is 2.58. The van der Waals surface area contributed by atoms with E-state index in [0.29, 0.717) is 6.54 Å². The van der Waals surface area contributed by atoms with E-state index in [1.165, 1.54) is 15.5 Å².